The summed E-state index contributed by atoms with van der Waals surface area (Å²) >= 11 is 0. The number of carbonyl (C=O) groups is 4. The molecule has 4 aliphatic heterocycles. The highest BCUT2D eigenvalue weighted by atomic mass is 16.5. The molecule has 288 valence electrons. The average Bonchev–Trinajstić information content (AvgIpc) is 3.45. The molecular formula is C43H45N7O6. The van der Waals surface area contributed by atoms with Crippen molar-refractivity contribution in [3.63, 3.8) is 0 Å². The van der Waals surface area contributed by atoms with Crippen LogP contribution in [0.2, 0.25) is 0 Å². The number of amides is 4. The topological polar surface area (TPSA) is 146 Å². The molecule has 13 nitrogen and oxygen atoms in total. The molecule has 5 aliphatic rings. The number of anilines is 3. The molecule has 9 rings (SSSR count). The fraction of sp³-hybridized carbons (Fsp3) is 0.395. The van der Waals surface area contributed by atoms with Gasteiger partial charge in [-0.2, -0.15) is 0 Å². The van der Waals surface area contributed by atoms with E-state index in [4.69, 9.17) is 14.5 Å². The summed E-state index contributed by atoms with van der Waals surface area (Å²) in [4.78, 5) is 65.4. The maximum absolute atomic E-state index is 13.2. The molecule has 1 unspecified atom stereocenters. The molecule has 0 bridgehead atoms. The van der Waals surface area contributed by atoms with Gasteiger partial charge in [-0.3, -0.25) is 29.4 Å². The number of nitrogens with zero attached hydrogens (tertiary/aromatic N) is 5. The largest absolute Gasteiger partial charge is 0.490 e. The molecular weight excluding hydrogens is 711 g/mol. The van der Waals surface area contributed by atoms with Crippen molar-refractivity contribution >= 4 is 41.0 Å². The number of carbonyl (C=O) groups excluding carboxylic acids is 4. The summed E-state index contributed by atoms with van der Waals surface area (Å²) in [6.45, 7) is 9.31. The molecule has 3 aromatic carbocycles. The minimum atomic E-state index is -0.982. The number of piperidine rings is 1. The number of morpholine rings is 1. The predicted molar refractivity (Wildman–Crippen MR) is 209 cm³/mol. The summed E-state index contributed by atoms with van der Waals surface area (Å²) in [7, 11) is 0. The number of imide groups is 2. The third-order valence-corrected chi connectivity index (χ3v) is 12.0. The van der Waals surface area contributed by atoms with Gasteiger partial charge in [0.2, 0.25) is 17.8 Å². The standard InChI is InChI=1S/C43H45N7O6/c1-43(2,27-3-8-31(9-4-27)49-16-15-36-26(25-49)24-44-42(46-36)48-17-19-55-20-18-48)28-5-10-32(11-6-28)56-33-21-30(22-33)45-29-7-12-34-35(23-29)41(54)50(40(34)53)37-13-14-38(51)47-39(37)52/h3-12,23-24,30,33,37,45H,13-22,25H2,1-2H3,(H,47,51,52)/t30-,33-,37?. The number of nitrogens with one attached hydrogen (secondary N) is 2. The average molecular weight is 756 g/mol. The van der Waals surface area contributed by atoms with Crippen LogP contribution in [0.4, 0.5) is 17.3 Å². The lowest BCUT2D eigenvalue weighted by Crippen LogP contribution is -2.54. The first-order chi connectivity index (χ1) is 27.1. The first kappa shape index (κ1) is 35.9. The lowest BCUT2D eigenvalue weighted by atomic mass is 9.78. The molecule has 2 saturated heterocycles. The fourth-order valence-electron chi connectivity index (χ4n) is 8.42. The Morgan fingerprint density at radius 2 is 1.55 bits per heavy atom. The molecule has 4 aromatic rings. The van der Waals surface area contributed by atoms with E-state index >= 15 is 0 Å². The van der Waals surface area contributed by atoms with E-state index in [1.807, 2.05) is 18.3 Å². The van der Waals surface area contributed by atoms with Gasteiger partial charge in [-0.05, 0) is 60.0 Å². The predicted octanol–water partition coefficient (Wildman–Crippen LogP) is 4.62. The van der Waals surface area contributed by atoms with Gasteiger partial charge in [0.1, 0.15) is 17.9 Å². The number of rotatable bonds is 9. The zero-order chi connectivity index (χ0) is 38.6. The van der Waals surface area contributed by atoms with E-state index in [2.05, 4.69) is 75.7 Å². The number of fused-ring (bicyclic) bond motifs is 2. The van der Waals surface area contributed by atoms with Crippen molar-refractivity contribution in [1.29, 1.82) is 0 Å². The second-order valence-electron chi connectivity index (χ2n) is 15.9. The van der Waals surface area contributed by atoms with Crippen LogP contribution in [0.15, 0.2) is 72.9 Å². The SMILES string of the molecule is CC(C)(c1ccc(O[C@H]2C[C@H](Nc3ccc4c(c3)C(=O)N(C3CCC(=O)NC3=O)C4=O)C2)cc1)c1ccc(N2CCc3nc(N4CCOCC4)ncc3C2)cc1. The first-order valence-electron chi connectivity index (χ1n) is 19.5. The normalized spacial score (nSPS) is 22.3. The van der Waals surface area contributed by atoms with Crippen LogP contribution in [-0.4, -0.2) is 89.5 Å². The molecule has 13 heteroatoms. The monoisotopic (exact) mass is 755 g/mol. The van der Waals surface area contributed by atoms with E-state index in [0.717, 1.165) is 86.6 Å². The van der Waals surface area contributed by atoms with Crippen molar-refractivity contribution in [2.24, 2.45) is 0 Å². The Kier molecular flexibility index (Phi) is 9.19. The first-order valence-corrected chi connectivity index (χ1v) is 19.5. The lowest BCUT2D eigenvalue weighted by molar-refractivity contribution is -0.136. The second kappa shape index (κ2) is 14.4. The number of hydrogen-bond donors (Lipinski definition) is 2. The van der Waals surface area contributed by atoms with Crippen molar-refractivity contribution in [1.82, 2.24) is 20.2 Å². The Morgan fingerprint density at radius 3 is 2.29 bits per heavy atom. The van der Waals surface area contributed by atoms with Crippen LogP contribution in [0.3, 0.4) is 0 Å². The summed E-state index contributed by atoms with van der Waals surface area (Å²) in [5, 5.41) is 5.69. The molecule has 1 aliphatic carbocycles. The van der Waals surface area contributed by atoms with Gasteiger partial charge >= 0.3 is 0 Å². The van der Waals surface area contributed by atoms with E-state index in [0.29, 0.717) is 0 Å². The van der Waals surface area contributed by atoms with Crippen molar-refractivity contribution in [2.45, 2.75) is 76.1 Å². The van der Waals surface area contributed by atoms with Gasteiger partial charge in [0.25, 0.3) is 11.8 Å². The number of ether oxygens (including phenoxy) is 2. The van der Waals surface area contributed by atoms with Crippen molar-refractivity contribution in [2.75, 3.05) is 48.0 Å². The molecule has 1 atom stereocenters. The third kappa shape index (κ3) is 6.74. The summed E-state index contributed by atoms with van der Waals surface area (Å²) < 4.78 is 11.8. The van der Waals surface area contributed by atoms with Crippen LogP contribution in [0, 0.1) is 0 Å². The molecule has 56 heavy (non-hydrogen) atoms. The molecule has 3 fully saturated rings. The third-order valence-electron chi connectivity index (χ3n) is 12.0. The Bertz CT molecular complexity index is 2200. The summed E-state index contributed by atoms with van der Waals surface area (Å²) in [5.74, 6) is -0.399. The van der Waals surface area contributed by atoms with E-state index in [1.54, 1.807) is 18.2 Å². The number of hydrogen-bond acceptors (Lipinski definition) is 11. The Hall–Kier alpha value is -5.82. The zero-order valence-electron chi connectivity index (χ0n) is 31.6. The Balaban J connectivity index is 0.769. The number of benzene rings is 3. The van der Waals surface area contributed by atoms with E-state index < -0.39 is 29.7 Å². The molecule has 2 N–H and O–H groups in total. The van der Waals surface area contributed by atoms with Crippen LogP contribution < -0.4 is 25.2 Å². The van der Waals surface area contributed by atoms with Crippen LogP contribution >= 0.6 is 0 Å². The maximum Gasteiger partial charge on any atom is 0.262 e. The lowest BCUT2D eigenvalue weighted by Gasteiger charge is -2.36. The van der Waals surface area contributed by atoms with Gasteiger partial charge in [0, 0.05) is 86.5 Å². The molecule has 0 spiro atoms. The van der Waals surface area contributed by atoms with Gasteiger partial charge in [-0.15, -0.1) is 0 Å². The zero-order valence-corrected chi connectivity index (χ0v) is 31.6. The van der Waals surface area contributed by atoms with Crippen LogP contribution in [0.1, 0.15) is 82.6 Å². The van der Waals surface area contributed by atoms with Crippen LogP contribution in [0.25, 0.3) is 0 Å². The minimum absolute atomic E-state index is 0.0553. The summed E-state index contributed by atoms with van der Waals surface area (Å²) in [6, 6.07) is 21.5. The van der Waals surface area contributed by atoms with Gasteiger partial charge in [0.15, 0.2) is 0 Å². The van der Waals surface area contributed by atoms with Gasteiger partial charge in [-0.1, -0.05) is 38.1 Å². The smallest absolute Gasteiger partial charge is 0.262 e. The highest BCUT2D eigenvalue weighted by Gasteiger charge is 2.45. The van der Waals surface area contributed by atoms with Gasteiger partial charge in [0.05, 0.1) is 30.0 Å². The molecule has 0 radical (unpaired) electrons. The van der Waals surface area contributed by atoms with E-state index in [1.165, 1.54) is 22.4 Å². The Morgan fingerprint density at radius 1 is 0.839 bits per heavy atom. The summed E-state index contributed by atoms with van der Waals surface area (Å²) in [6.07, 6.45) is 4.74. The van der Waals surface area contributed by atoms with Crippen molar-refractivity contribution in [3.8, 4) is 5.75 Å². The molecule has 1 saturated carbocycles. The molecule has 1 aromatic heterocycles. The van der Waals surface area contributed by atoms with Crippen molar-refractivity contribution < 1.29 is 28.7 Å². The fourth-order valence-corrected chi connectivity index (χ4v) is 8.42. The van der Waals surface area contributed by atoms with Gasteiger partial charge < -0.3 is 24.6 Å². The minimum Gasteiger partial charge on any atom is -0.490 e. The maximum atomic E-state index is 13.2. The number of aromatic nitrogens is 2. The highest BCUT2D eigenvalue weighted by Crippen LogP contribution is 2.36. The van der Waals surface area contributed by atoms with Crippen LogP contribution in [0.5, 0.6) is 5.75 Å². The van der Waals surface area contributed by atoms with Crippen molar-refractivity contribution in [3.05, 3.63) is 106 Å². The van der Waals surface area contributed by atoms with E-state index in [9.17, 15) is 19.2 Å². The molecule has 5 heterocycles. The highest BCUT2D eigenvalue weighted by molar-refractivity contribution is 6.23. The second-order valence-corrected chi connectivity index (χ2v) is 15.9. The van der Waals surface area contributed by atoms with E-state index in [-0.39, 0.29) is 41.5 Å². The molecule has 4 amide bonds. The van der Waals surface area contributed by atoms with Gasteiger partial charge in [-0.25, -0.2) is 9.97 Å². The van der Waals surface area contributed by atoms with Crippen LogP contribution in [-0.2, 0) is 32.7 Å². The summed E-state index contributed by atoms with van der Waals surface area (Å²) in [5.41, 5.74) is 7.01. The Labute approximate surface area is 325 Å². The quantitative estimate of drug-likeness (QED) is 0.231.